The average Bonchev–Trinajstić information content (AvgIpc) is 3.02. The number of nitrogens with zero attached hydrogens (tertiary/aromatic N) is 3. The largest absolute Gasteiger partial charge is 0.487 e. The first kappa shape index (κ1) is 19.4. The van der Waals surface area contributed by atoms with E-state index < -0.39 is 0 Å². The van der Waals surface area contributed by atoms with E-state index in [1.807, 2.05) is 19.1 Å². The molecule has 1 aromatic carbocycles. The van der Waals surface area contributed by atoms with Crippen LogP contribution >= 0.6 is 11.6 Å². The lowest BCUT2D eigenvalue weighted by Gasteiger charge is -2.23. The summed E-state index contributed by atoms with van der Waals surface area (Å²) in [6.07, 6.45) is 1.63. The number of hydrogen-bond acceptors (Lipinski definition) is 6. The molecule has 0 aliphatic heterocycles. The van der Waals surface area contributed by atoms with Gasteiger partial charge in [-0.1, -0.05) is 32.4 Å². The Hall–Kier alpha value is -2.38. The van der Waals surface area contributed by atoms with E-state index in [2.05, 4.69) is 40.9 Å². The Kier molecular flexibility index (Phi) is 5.53. The summed E-state index contributed by atoms with van der Waals surface area (Å²) in [5, 5.41) is 17.4. The van der Waals surface area contributed by atoms with Crippen LogP contribution in [0, 0.1) is 6.92 Å². The first-order chi connectivity index (χ1) is 12.8. The standard InChI is InChI=1S/C19H23ClN4O3/c1-11-7-16(13(8-14(11)20)19(2,3)4)27-10-15-12-9-21-18(26-6-5-25)22-17(12)24-23-15/h7-9,25H,5-6,10H2,1-4H3,(H,21,22,23,24). The number of halogens is 1. The summed E-state index contributed by atoms with van der Waals surface area (Å²) in [6.45, 7) is 8.62. The minimum Gasteiger partial charge on any atom is -0.487 e. The molecule has 0 radical (unpaired) electrons. The van der Waals surface area contributed by atoms with Crippen molar-refractivity contribution in [2.24, 2.45) is 0 Å². The number of ether oxygens (including phenoxy) is 2. The van der Waals surface area contributed by atoms with Gasteiger partial charge in [-0.25, -0.2) is 4.98 Å². The molecule has 0 bridgehead atoms. The Balaban J connectivity index is 1.84. The molecule has 0 saturated heterocycles. The quantitative estimate of drug-likeness (QED) is 0.668. The first-order valence-corrected chi connectivity index (χ1v) is 9.04. The van der Waals surface area contributed by atoms with Crippen LogP contribution in [0.2, 0.25) is 5.02 Å². The van der Waals surface area contributed by atoms with Gasteiger partial charge in [0, 0.05) is 16.8 Å². The molecule has 144 valence electrons. The molecule has 0 fully saturated rings. The van der Waals surface area contributed by atoms with Crippen LogP contribution in [0.1, 0.15) is 37.6 Å². The molecule has 2 heterocycles. The van der Waals surface area contributed by atoms with Crippen molar-refractivity contribution in [3.05, 3.63) is 40.2 Å². The van der Waals surface area contributed by atoms with Crippen molar-refractivity contribution in [2.45, 2.75) is 39.7 Å². The summed E-state index contributed by atoms with van der Waals surface area (Å²) >= 11 is 6.30. The van der Waals surface area contributed by atoms with Crippen LogP contribution in [0.25, 0.3) is 11.0 Å². The van der Waals surface area contributed by atoms with Crippen molar-refractivity contribution in [1.29, 1.82) is 0 Å². The minimum absolute atomic E-state index is 0.0971. The Morgan fingerprint density at radius 1 is 1.22 bits per heavy atom. The summed E-state index contributed by atoms with van der Waals surface area (Å²) in [7, 11) is 0. The fourth-order valence-electron chi connectivity index (χ4n) is 2.67. The number of nitrogens with one attached hydrogen (secondary N) is 1. The van der Waals surface area contributed by atoms with E-state index in [1.165, 1.54) is 0 Å². The maximum atomic E-state index is 8.81. The van der Waals surface area contributed by atoms with Gasteiger partial charge in [0.15, 0.2) is 5.65 Å². The predicted octanol–water partition coefficient (Wildman–Crippen LogP) is 3.56. The van der Waals surface area contributed by atoms with Gasteiger partial charge in [-0.15, -0.1) is 0 Å². The number of aliphatic hydroxyl groups is 1. The van der Waals surface area contributed by atoms with E-state index in [-0.39, 0.29) is 31.2 Å². The van der Waals surface area contributed by atoms with Crippen molar-refractivity contribution in [3.8, 4) is 11.8 Å². The molecule has 3 aromatic rings. The van der Waals surface area contributed by atoms with Gasteiger partial charge in [0.2, 0.25) is 0 Å². The molecule has 0 atom stereocenters. The van der Waals surface area contributed by atoms with Crippen LogP contribution < -0.4 is 9.47 Å². The van der Waals surface area contributed by atoms with Crippen LogP contribution in [0.15, 0.2) is 18.3 Å². The van der Waals surface area contributed by atoms with Crippen LogP contribution in [-0.4, -0.2) is 38.5 Å². The smallest absolute Gasteiger partial charge is 0.318 e. The molecule has 7 nitrogen and oxygen atoms in total. The Morgan fingerprint density at radius 3 is 2.70 bits per heavy atom. The Morgan fingerprint density at radius 2 is 2.00 bits per heavy atom. The normalized spacial score (nSPS) is 11.8. The zero-order chi connectivity index (χ0) is 19.6. The Labute approximate surface area is 162 Å². The van der Waals surface area contributed by atoms with Crippen LogP contribution in [0.5, 0.6) is 11.8 Å². The number of aromatic amines is 1. The minimum atomic E-state index is -0.109. The highest BCUT2D eigenvalue weighted by Crippen LogP contribution is 2.36. The number of aryl methyl sites for hydroxylation is 1. The average molecular weight is 391 g/mol. The van der Waals surface area contributed by atoms with E-state index in [9.17, 15) is 0 Å². The van der Waals surface area contributed by atoms with Crippen molar-refractivity contribution in [2.75, 3.05) is 13.2 Å². The topological polar surface area (TPSA) is 93.2 Å². The molecule has 2 N–H and O–H groups in total. The fraction of sp³-hybridized carbons (Fsp3) is 0.421. The molecule has 0 aliphatic carbocycles. The molecular weight excluding hydrogens is 368 g/mol. The highest BCUT2D eigenvalue weighted by Gasteiger charge is 2.21. The maximum Gasteiger partial charge on any atom is 0.318 e. The van der Waals surface area contributed by atoms with E-state index in [4.69, 9.17) is 26.2 Å². The lowest BCUT2D eigenvalue weighted by molar-refractivity contribution is 0.192. The van der Waals surface area contributed by atoms with Gasteiger partial charge in [-0.3, -0.25) is 5.10 Å². The third-order valence-corrected chi connectivity index (χ3v) is 4.54. The zero-order valence-electron chi connectivity index (χ0n) is 15.8. The molecular formula is C19H23ClN4O3. The molecule has 2 aromatic heterocycles. The first-order valence-electron chi connectivity index (χ1n) is 8.66. The lowest BCUT2D eigenvalue weighted by atomic mass is 9.86. The molecule has 0 spiro atoms. The second-order valence-corrected chi connectivity index (χ2v) is 7.70. The van der Waals surface area contributed by atoms with Crippen molar-refractivity contribution in [3.63, 3.8) is 0 Å². The number of aliphatic hydroxyl groups excluding tert-OH is 1. The molecule has 3 rings (SSSR count). The van der Waals surface area contributed by atoms with Gasteiger partial charge in [0.1, 0.15) is 24.7 Å². The fourth-order valence-corrected chi connectivity index (χ4v) is 2.83. The van der Waals surface area contributed by atoms with Crippen LogP contribution in [0.4, 0.5) is 0 Å². The highest BCUT2D eigenvalue weighted by atomic mass is 35.5. The summed E-state index contributed by atoms with van der Waals surface area (Å²) in [6, 6.07) is 4.11. The van der Waals surface area contributed by atoms with Gasteiger partial charge < -0.3 is 14.6 Å². The summed E-state index contributed by atoms with van der Waals surface area (Å²) in [5.41, 5.74) is 3.14. The van der Waals surface area contributed by atoms with Crippen molar-refractivity contribution in [1.82, 2.24) is 20.2 Å². The lowest BCUT2D eigenvalue weighted by Crippen LogP contribution is -2.14. The highest BCUT2D eigenvalue weighted by molar-refractivity contribution is 6.31. The second-order valence-electron chi connectivity index (χ2n) is 7.29. The van der Waals surface area contributed by atoms with Gasteiger partial charge >= 0.3 is 6.01 Å². The molecule has 0 unspecified atom stereocenters. The number of fused-ring (bicyclic) bond motifs is 1. The van der Waals surface area contributed by atoms with Crippen molar-refractivity contribution >= 4 is 22.6 Å². The van der Waals surface area contributed by atoms with Crippen molar-refractivity contribution < 1.29 is 14.6 Å². The zero-order valence-corrected chi connectivity index (χ0v) is 16.6. The predicted molar refractivity (Wildman–Crippen MR) is 103 cm³/mol. The van der Waals surface area contributed by atoms with Gasteiger partial charge in [0.05, 0.1) is 12.0 Å². The molecule has 0 aliphatic rings. The van der Waals surface area contributed by atoms with E-state index in [1.54, 1.807) is 6.20 Å². The SMILES string of the molecule is Cc1cc(OCc2n[nH]c3nc(OCCO)ncc23)c(C(C)(C)C)cc1Cl. The third-order valence-electron chi connectivity index (χ3n) is 4.13. The second kappa shape index (κ2) is 7.70. The molecule has 0 saturated carbocycles. The molecule has 0 amide bonds. The van der Waals surface area contributed by atoms with Crippen LogP contribution in [0.3, 0.4) is 0 Å². The number of hydrogen-bond donors (Lipinski definition) is 2. The summed E-state index contributed by atoms with van der Waals surface area (Å²) < 4.78 is 11.3. The Bertz CT molecular complexity index is 950. The van der Waals surface area contributed by atoms with E-state index in [0.717, 1.165) is 27.3 Å². The molecule has 27 heavy (non-hydrogen) atoms. The van der Waals surface area contributed by atoms with Gasteiger partial charge in [-0.2, -0.15) is 10.1 Å². The van der Waals surface area contributed by atoms with E-state index in [0.29, 0.717) is 11.3 Å². The number of rotatable bonds is 6. The van der Waals surface area contributed by atoms with Gasteiger partial charge in [0.25, 0.3) is 0 Å². The summed E-state index contributed by atoms with van der Waals surface area (Å²) in [4.78, 5) is 8.37. The van der Waals surface area contributed by atoms with Crippen LogP contribution in [-0.2, 0) is 12.0 Å². The summed E-state index contributed by atoms with van der Waals surface area (Å²) in [5.74, 6) is 0.782. The van der Waals surface area contributed by atoms with E-state index >= 15 is 0 Å². The number of H-pyrrole nitrogens is 1. The van der Waals surface area contributed by atoms with Gasteiger partial charge in [-0.05, 0) is 30.0 Å². The molecule has 8 heteroatoms. The third kappa shape index (κ3) is 4.31. The maximum absolute atomic E-state index is 8.81. The number of aromatic nitrogens is 4. The number of benzene rings is 1. The monoisotopic (exact) mass is 390 g/mol.